The van der Waals surface area contributed by atoms with Gasteiger partial charge in [-0.3, -0.25) is 14.9 Å². The average Bonchev–Trinajstić information content (AvgIpc) is 2.74. The van der Waals surface area contributed by atoms with Gasteiger partial charge in [0.25, 0.3) is 5.69 Å². The number of nitro groups is 1. The Bertz CT molecular complexity index is 593. The summed E-state index contributed by atoms with van der Waals surface area (Å²) in [4.78, 5) is 22.5. The number of nitro benzene ring substituents is 1. The van der Waals surface area contributed by atoms with E-state index in [4.69, 9.17) is 4.10 Å². The summed E-state index contributed by atoms with van der Waals surface area (Å²) in [7, 11) is -2.58. The van der Waals surface area contributed by atoms with E-state index in [-0.39, 0.29) is 16.7 Å². The predicted octanol–water partition coefficient (Wildman–Crippen LogP) is 1.46. The van der Waals surface area contributed by atoms with Crippen molar-refractivity contribution in [3.63, 3.8) is 0 Å². The summed E-state index contributed by atoms with van der Waals surface area (Å²) in [5.41, 5.74) is 1.86. The van der Waals surface area contributed by atoms with Crippen LogP contribution >= 0.6 is 0 Å². The zero-order valence-corrected chi connectivity index (χ0v) is 11.0. The molecule has 0 radical (unpaired) electrons. The zero-order chi connectivity index (χ0) is 12.4. The van der Waals surface area contributed by atoms with Gasteiger partial charge in [-0.2, -0.15) is 0 Å². The molecule has 17 heavy (non-hydrogen) atoms. The van der Waals surface area contributed by atoms with E-state index in [1.165, 1.54) is 12.1 Å². The molecule has 1 aromatic heterocycles. The third kappa shape index (κ3) is 2.19. The molecule has 0 amide bonds. The molecule has 86 valence electrons. The molecule has 0 bridgehead atoms. The molecule has 0 aliphatic rings. The van der Waals surface area contributed by atoms with Crippen LogP contribution in [0.1, 0.15) is 10.4 Å². The summed E-state index contributed by atoms with van der Waals surface area (Å²) >= 11 is 0. The second kappa shape index (κ2) is 4.64. The Balaban J connectivity index is 2.52. The number of carbonyl (C=O) groups excluding carboxylic acids is 1. The van der Waals surface area contributed by atoms with Crippen molar-refractivity contribution < 1.29 is 13.8 Å². The molecule has 0 saturated heterocycles. The molecule has 0 atom stereocenters. The number of hydrogen-bond donors (Lipinski definition) is 0. The van der Waals surface area contributed by atoms with E-state index in [0.29, 0.717) is 0 Å². The molecular formula is C10H9NO4Si2. The van der Waals surface area contributed by atoms with Gasteiger partial charge in [0.1, 0.15) is 0 Å². The Morgan fingerprint density at radius 3 is 2.71 bits per heavy atom. The van der Waals surface area contributed by atoms with E-state index in [2.05, 4.69) is 0 Å². The number of benzene rings is 1. The first-order valence-corrected chi connectivity index (χ1v) is 9.42. The molecule has 0 aliphatic heterocycles. The molecule has 5 nitrogen and oxygen atoms in total. The first-order valence-electron chi connectivity index (χ1n) is 4.93. The lowest BCUT2D eigenvalue weighted by atomic mass is 10.2. The molecule has 0 spiro atoms. The van der Waals surface area contributed by atoms with Gasteiger partial charge in [-0.25, -0.2) is 0 Å². The monoisotopic (exact) mass is 263 g/mol. The summed E-state index contributed by atoms with van der Waals surface area (Å²) < 4.78 is 5.28. The molecule has 0 fully saturated rings. The molecule has 1 heterocycles. The maximum absolute atomic E-state index is 12.2. The average molecular weight is 263 g/mol. The van der Waals surface area contributed by atoms with Crippen molar-refractivity contribution in [1.29, 1.82) is 0 Å². The minimum absolute atomic E-state index is 0.120. The van der Waals surface area contributed by atoms with Gasteiger partial charge in [-0.15, -0.1) is 0 Å². The van der Waals surface area contributed by atoms with Gasteiger partial charge in [-0.1, -0.05) is 12.1 Å². The zero-order valence-electron chi connectivity index (χ0n) is 9.04. The van der Waals surface area contributed by atoms with Gasteiger partial charge in [0, 0.05) is 6.07 Å². The Kier molecular flexibility index (Phi) is 3.20. The Morgan fingerprint density at radius 1 is 1.41 bits per heavy atom. The standard InChI is InChI=1S/C10H9NO4Si2/c1-16-15-6-7-17(16)10(12)8-4-2-3-5-9(8)11(13)14/h2-7H,1H3. The quantitative estimate of drug-likeness (QED) is 0.477. The van der Waals surface area contributed by atoms with Crippen molar-refractivity contribution in [2.45, 2.75) is 0 Å². The van der Waals surface area contributed by atoms with Crippen LogP contribution in [0.15, 0.2) is 40.3 Å². The van der Waals surface area contributed by atoms with Crippen molar-refractivity contribution >= 4 is 27.1 Å². The number of aryl methyl sites for hydroxylation is 1. The van der Waals surface area contributed by atoms with E-state index < -0.39 is 21.0 Å². The summed E-state index contributed by atoms with van der Waals surface area (Å²) in [6.07, 6.45) is 1.55. The van der Waals surface area contributed by atoms with E-state index in [0.717, 1.165) is 0 Å². The number of nitrogens with zero attached hydrogens (tertiary/aromatic N) is 1. The van der Waals surface area contributed by atoms with E-state index in [9.17, 15) is 14.9 Å². The second-order valence-electron chi connectivity index (χ2n) is 3.49. The summed E-state index contributed by atoms with van der Waals surface area (Å²) in [5.74, 6) is 0. The maximum atomic E-state index is 12.2. The molecule has 7 heteroatoms. The van der Waals surface area contributed by atoms with Crippen molar-refractivity contribution in [1.82, 2.24) is 0 Å². The fourth-order valence-electron chi connectivity index (χ4n) is 1.59. The SMILES string of the molecule is C[si]1occ[si]1C(=O)c1ccccc1[N+](=O)[O-]. The molecule has 2 aromatic rings. The highest BCUT2D eigenvalue weighted by Gasteiger charge is 2.23. The molecule has 0 aliphatic carbocycles. The Hall–Kier alpha value is -1.74. The van der Waals surface area contributed by atoms with Crippen LogP contribution in [0.2, 0.25) is 0 Å². The van der Waals surface area contributed by atoms with Crippen LogP contribution < -0.4 is 0 Å². The van der Waals surface area contributed by atoms with Crippen LogP contribution in [-0.2, 0) is 6.55 Å². The van der Waals surface area contributed by atoms with Gasteiger partial charge >= 0.3 is 0 Å². The molecular weight excluding hydrogens is 254 g/mol. The maximum Gasteiger partial charge on any atom is 0.280 e. The van der Waals surface area contributed by atoms with Crippen molar-refractivity contribution in [2.24, 2.45) is 6.55 Å². The normalized spacial score (nSPS) is 10.2. The smallest absolute Gasteiger partial charge is 0.280 e. The van der Waals surface area contributed by atoms with Crippen LogP contribution in [0, 0.1) is 10.1 Å². The number of para-hydroxylation sites is 1. The third-order valence-corrected chi connectivity index (χ3v) is 8.74. The van der Waals surface area contributed by atoms with Crippen LogP contribution in [0.5, 0.6) is 0 Å². The van der Waals surface area contributed by atoms with Gasteiger partial charge in [0.2, 0.25) is 8.15 Å². The van der Waals surface area contributed by atoms with Gasteiger partial charge < -0.3 is 4.10 Å². The lowest BCUT2D eigenvalue weighted by molar-refractivity contribution is -0.385. The molecule has 2 rings (SSSR count). The molecule has 0 unspecified atom stereocenters. The lowest BCUT2D eigenvalue weighted by Gasteiger charge is -2.00. The first-order chi connectivity index (χ1) is 8.11. The lowest BCUT2D eigenvalue weighted by Crippen LogP contribution is -2.21. The van der Waals surface area contributed by atoms with Crippen LogP contribution in [0.3, 0.4) is 0 Å². The summed E-state index contributed by atoms with van der Waals surface area (Å²) in [6, 6.07) is 6.08. The number of hydrogen-bond acceptors (Lipinski definition) is 4. The van der Waals surface area contributed by atoms with Gasteiger partial charge in [0.15, 0.2) is 13.3 Å². The van der Waals surface area contributed by atoms with E-state index in [1.54, 1.807) is 24.1 Å². The number of rotatable bonds is 3. The molecule has 0 saturated carbocycles. The van der Waals surface area contributed by atoms with E-state index in [1.807, 2.05) is 6.55 Å². The molecule has 1 aromatic carbocycles. The van der Waals surface area contributed by atoms with Crippen LogP contribution in [0.25, 0.3) is 0 Å². The summed E-state index contributed by atoms with van der Waals surface area (Å²) in [5, 5.41) is 10.7. The fraction of sp³-hybridized carbons (Fsp3) is 0.100. The van der Waals surface area contributed by atoms with Crippen LogP contribution in [-0.4, -0.2) is 26.4 Å². The van der Waals surface area contributed by atoms with Gasteiger partial charge in [-0.05, 0) is 18.3 Å². The first kappa shape index (κ1) is 11.7. The largest absolute Gasteiger partial charge is 0.528 e. The van der Waals surface area contributed by atoms with Crippen LogP contribution in [0.4, 0.5) is 5.69 Å². The fourth-order valence-corrected chi connectivity index (χ4v) is 6.39. The highest BCUT2D eigenvalue weighted by molar-refractivity contribution is 7.15. The predicted molar refractivity (Wildman–Crippen MR) is 64.4 cm³/mol. The topological polar surface area (TPSA) is 73.3 Å². The van der Waals surface area contributed by atoms with E-state index >= 15 is 0 Å². The van der Waals surface area contributed by atoms with Crippen molar-refractivity contribution in [3.05, 3.63) is 51.9 Å². The third-order valence-electron chi connectivity index (χ3n) is 2.45. The summed E-state index contributed by atoms with van der Waals surface area (Å²) in [6.45, 7) is 1.91. The minimum atomic E-state index is -1.42. The van der Waals surface area contributed by atoms with Crippen molar-refractivity contribution in [3.8, 4) is 0 Å². The second-order valence-corrected chi connectivity index (χ2v) is 10.2. The highest BCUT2D eigenvalue weighted by atomic mass is 29.0. The number of carbonyl (C=O) groups is 1. The Labute approximate surface area is 99.8 Å². The Morgan fingerprint density at radius 2 is 2.12 bits per heavy atom. The highest BCUT2D eigenvalue weighted by Crippen LogP contribution is 2.18. The molecule has 0 N–H and O–H groups in total. The van der Waals surface area contributed by atoms with Crippen molar-refractivity contribution in [2.75, 3.05) is 0 Å². The minimum Gasteiger partial charge on any atom is -0.528 e. The van der Waals surface area contributed by atoms with Gasteiger partial charge in [0.05, 0.1) is 16.7 Å².